The van der Waals surface area contributed by atoms with E-state index < -0.39 is 0 Å². The van der Waals surface area contributed by atoms with Crippen molar-refractivity contribution in [1.29, 1.82) is 0 Å². The van der Waals surface area contributed by atoms with Crippen molar-refractivity contribution in [3.63, 3.8) is 0 Å². The van der Waals surface area contributed by atoms with E-state index in [1.165, 1.54) is 0 Å². The SMILES string of the molecule is CCCCN(CCCC)C(=O)c1ccc(C)c(N=NN(C)C)c1. The molecule has 0 saturated heterocycles. The highest BCUT2D eigenvalue weighted by Gasteiger charge is 2.16. The predicted octanol–water partition coefficient (Wildman–Crippen LogP) is 4.60. The first-order chi connectivity index (χ1) is 11.0. The van der Waals surface area contributed by atoms with Crippen LogP contribution in [-0.2, 0) is 0 Å². The van der Waals surface area contributed by atoms with E-state index in [0.29, 0.717) is 5.56 Å². The zero-order valence-electron chi connectivity index (χ0n) is 15.2. The minimum atomic E-state index is 0.0909. The van der Waals surface area contributed by atoms with Gasteiger partial charge in [-0.25, -0.2) is 0 Å². The van der Waals surface area contributed by atoms with Crippen LogP contribution in [0.15, 0.2) is 28.5 Å². The van der Waals surface area contributed by atoms with Gasteiger partial charge < -0.3 is 4.90 Å². The van der Waals surface area contributed by atoms with Crippen molar-refractivity contribution in [3.8, 4) is 0 Å². The summed E-state index contributed by atoms with van der Waals surface area (Å²) < 4.78 is 0. The average Bonchev–Trinajstić information content (AvgIpc) is 2.53. The summed E-state index contributed by atoms with van der Waals surface area (Å²) in [5.41, 5.74) is 2.45. The Labute approximate surface area is 140 Å². The van der Waals surface area contributed by atoms with E-state index in [0.717, 1.165) is 50.0 Å². The maximum absolute atomic E-state index is 12.8. The molecule has 0 atom stereocenters. The Morgan fingerprint density at radius 1 is 1.09 bits per heavy atom. The highest BCUT2D eigenvalue weighted by Crippen LogP contribution is 2.22. The van der Waals surface area contributed by atoms with Crippen LogP contribution >= 0.6 is 0 Å². The van der Waals surface area contributed by atoms with Crippen LogP contribution in [0.1, 0.15) is 55.5 Å². The maximum Gasteiger partial charge on any atom is 0.253 e. The van der Waals surface area contributed by atoms with Crippen LogP contribution in [0.5, 0.6) is 0 Å². The fourth-order valence-corrected chi connectivity index (χ4v) is 2.18. The summed E-state index contributed by atoms with van der Waals surface area (Å²) in [5, 5.41) is 9.89. The molecule has 0 unspecified atom stereocenters. The number of hydrogen-bond donors (Lipinski definition) is 0. The van der Waals surface area contributed by atoms with Crippen molar-refractivity contribution in [1.82, 2.24) is 9.91 Å². The van der Waals surface area contributed by atoms with E-state index in [4.69, 9.17) is 0 Å². The van der Waals surface area contributed by atoms with Gasteiger partial charge in [0.1, 0.15) is 0 Å². The van der Waals surface area contributed by atoms with Gasteiger partial charge >= 0.3 is 0 Å². The summed E-state index contributed by atoms with van der Waals surface area (Å²) >= 11 is 0. The van der Waals surface area contributed by atoms with Gasteiger partial charge in [-0.1, -0.05) is 38.0 Å². The molecule has 128 valence electrons. The molecule has 0 saturated carbocycles. The lowest BCUT2D eigenvalue weighted by molar-refractivity contribution is 0.0751. The zero-order chi connectivity index (χ0) is 17.2. The Morgan fingerprint density at radius 2 is 1.70 bits per heavy atom. The molecule has 0 aliphatic heterocycles. The topological polar surface area (TPSA) is 48.3 Å². The average molecular weight is 318 g/mol. The van der Waals surface area contributed by atoms with E-state index in [9.17, 15) is 4.79 Å². The van der Waals surface area contributed by atoms with Gasteiger partial charge in [0.15, 0.2) is 0 Å². The van der Waals surface area contributed by atoms with E-state index in [-0.39, 0.29) is 5.91 Å². The van der Waals surface area contributed by atoms with Crippen molar-refractivity contribution >= 4 is 11.6 Å². The highest BCUT2D eigenvalue weighted by molar-refractivity contribution is 5.95. The number of amides is 1. The predicted molar refractivity (Wildman–Crippen MR) is 95.1 cm³/mol. The second kappa shape index (κ2) is 9.98. The third kappa shape index (κ3) is 6.38. The summed E-state index contributed by atoms with van der Waals surface area (Å²) in [6, 6.07) is 5.67. The molecule has 23 heavy (non-hydrogen) atoms. The lowest BCUT2D eigenvalue weighted by Crippen LogP contribution is -2.32. The van der Waals surface area contributed by atoms with E-state index in [2.05, 4.69) is 24.2 Å². The molecule has 0 aliphatic rings. The molecular weight excluding hydrogens is 288 g/mol. The van der Waals surface area contributed by atoms with Crippen molar-refractivity contribution in [2.45, 2.75) is 46.5 Å². The quantitative estimate of drug-likeness (QED) is 0.493. The third-order valence-electron chi connectivity index (χ3n) is 3.64. The van der Waals surface area contributed by atoms with Crippen LogP contribution in [0, 0.1) is 6.92 Å². The number of rotatable bonds is 9. The molecule has 0 bridgehead atoms. The molecule has 1 aromatic rings. The van der Waals surface area contributed by atoms with Crippen LogP contribution in [0.25, 0.3) is 0 Å². The molecule has 5 heteroatoms. The van der Waals surface area contributed by atoms with Gasteiger partial charge in [-0.2, -0.15) is 0 Å². The van der Waals surface area contributed by atoms with Gasteiger partial charge in [0.05, 0.1) is 5.69 Å². The largest absolute Gasteiger partial charge is 0.339 e. The summed E-state index contributed by atoms with van der Waals surface area (Å²) in [6.07, 6.45) is 4.25. The fourth-order valence-electron chi connectivity index (χ4n) is 2.18. The lowest BCUT2D eigenvalue weighted by atomic mass is 10.1. The Morgan fingerprint density at radius 3 is 2.22 bits per heavy atom. The fraction of sp³-hybridized carbons (Fsp3) is 0.611. The van der Waals surface area contributed by atoms with E-state index in [1.54, 1.807) is 5.01 Å². The molecule has 0 radical (unpaired) electrons. The van der Waals surface area contributed by atoms with Gasteiger partial charge in [0, 0.05) is 32.7 Å². The molecule has 0 fully saturated rings. The van der Waals surface area contributed by atoms with E-state index in [1.807, 2.05) is 44.1 Å². The number of carbonyl (C=O) groups is 1. The Bertz CT molecular complexity index is 518. The van der Waals surface area contributed by atoms with Crippen molar-refractivity contribution in [3.05, 3.63) is 29.3 Å². The van der Waals surface area contributed by atoms with Crippen molar-refractivity contribution < 1.29 is 4.79 Å². The number of benzene rings is 1. The van der Waals surface area contributed by atoms with Crippen LogP contribution in [0.4, 0.5) is 5.69 Å². The monoisotopic (exact) mass is 318 g/mol. The highest BCUT2D eigenvalue weighted by atomic mass is 16.2. The minimum Gasteiger partial charge on any atom is -0.339 e. The molecule has 1 aromatic carbocycles. The Balaban J connectivity index is 2.97. The van der Waals surface area contributed by atoms with Gasteiger partial charge in [0.25, 0.3) is 5.91 Å². The maximum atomic E-state index is 12.8. The van der Waals surface area contributed by atoms with E-state index >= 15 is 0 Å². The second-order valence-corrected chi connectivity index (χ2v) is 6.04. The molecule has 5 nitrogen and oxygen atoms in total. The number of unbranched alkanes of at least 4 members (excludes halogenated alkanes) is 2. The summed E-state index contributed by atoms with van der Waals surface area (Å²) in [5.74, 6) is 0.0909. The molecule has 0 aromatic heterocycles. The first kappa shape index (κ1) is 19.1. The van der Waals surface area contributed by atoms with Gasteiger partial charge in [-0.15, -0.1) is 5.11 Å². The molecule has 1 rings (SSSR count). The Hall–Kier alpha value is -1.91. The van der Waals surface area contributed by atoms with Gasteiger partial charge in [-0.3, -0.25) is 9.80 Å². The molecule has 0 heterocycles. The lowest BCUT2D eigenvalue weighted by Gasteiger charge is -2.22. The van der Waals surface area contributed by atoms with Crippen LogP contribution < -0.4 is 0 Å². The minimum absolute atomic E-state index is 0.0909. The number of nitrogens with zero attached hydrogens (tertiary/aromatic N) is 4. The Kier molecular flexibility index (Phi) is 8.30. The molecule has 1 amide bonds. The molecule has 0 spiro atoms. The van der Waals surface area contributed by atoms with Crippen LogP contribution in [-0.4, -0.2) is 43.0 Å². The number of hydrogen-bond acceptors (Lipinski definition) is 3. The second-order valence-electron chi connectivity index (χ2n) is 6.04. The van der Waals surface area contributed by atoms with Crippen molar-refractivity contribution in [2.24, 2.45) is 10.3 Å². The molecular formula is C18H30N4O. The van der Waals surface area contributed by atoms with Crippen molar-refractivity contribution in [2.75, 3.05) is 27.2 Å². The smallest absolute Gasteiger partial charge is 0.253 e. The third-order valence-corrected chi connectivity index (χ3v) is 3.64. The number of carbonyl (C=O) groups excluding carboxylic acids is 1. The summed E-state index contributed by atoms with van der Waals surface area (Å²) in [4.78, 5) is 14.8. The van der Waals surface area contributed by atoms with Gasteiger partial charge in [-0.05, 0) is 37.5 Å². The molecule has 0 N–H and O–H groups in total. The van der Waals surface area contributed by atoms with Gasteiger partial charge in [0.2, 0.25) is 0 Å². The first-order valence-electron chi connectivity index (χ1n) is 8.48. The summed E-state index contributed by atoms with van der Waals surface area (Å²) in [6.45, 7) is 7.90. The summed E-state index contributed by atoms with van der Waals surface area (Å²) in [7, 11) is 3.65. The van der Waals surface area contributed by atoms with Crippen LogP contribution in [0.3, 0.4) is 0 Å². The molecule has 0 aliphatic carbocycles. The normalized spacial score (nSPS) is 11.0. The van der Waals surface area contributed by atoms with Crippen LogP contribution in [0.2, 0.25) is 0 Å². The number of aryl methyl sites for hydroxylation is 1. The first-order valence-corrected chi connectivity index (χ1v) is 8.48. The zero-order valence-corrected chi connectivity index (χ0v) is 15.2. The standard InChI is InChI=1S/C18H30N4O/c1-6-8-12-22(13-9-7-2)18(23)16-11-10-15(3)17(14-16)19-20-21(4)5/h10-11,14H,6-9,12-13H2,1-5H3.